The molecule has 0 radical (unpaired) electrons. The predicted molar refractivity (Wildman–Crippen MR) is 150 cm³/mol. The van der Waals surface area contributed by atoms with E-state index >= 15 is 0 Å². The molecule has 0 atom stereocenters. The number of hydrogen-bond acceptors (Lipinski definition) is 1. The first kappa shape index (κ1) is 27.8. The van der Waals surface area contributed by atoms with Gasteiger partial charge in [-0.1, -0.05) is 66.8 Å². The van der Waals surface area contributed by atoms with Gasteiger partial charge in [0.25, 0.3) is 0 Å². The van der Waals surface area contributed by atoms with Crippen molar-refractivity contribution < 1.29 is 13.5 Å². The fraction of sp³-hybridized carbons (Fsp3) is 0.529. The molecule has 4 rings (SSSR count). The van der Waals surface area contributed by atoms with Crippen molar-refractivity contribution in [3.8, 4) is 0 Å². The topological polar surface area (TPSA) is 9.23 Å². The Morgan fingerprint density at radius 2 is 1.35 bits per heavy atom. The maximum Gasteiger partial charge on any atom is 0.360 e. The van der Waals surface area contributed by atoms with Crippen molar-refractivity contribution in [2.45, 2.75) is 102 Å². The molecule has 0 saturated heterocycles. The molecule has 37 heavy (non-hydrogen) atoms. The SMILES string of the molecule is C=CCCC1CCC(c2ccc(CC(F)(F)OCc3ccc(C4CCC(C=CC)CC4)cc3)cc2)CC1. The highest BCUT2D eigenvalue weighted by Crippen LogP contribution is 2.38. The molecular formula is C34H44F2O. The van der Waals surface area contributed by atoms with Crippen LogP contribution in [0.2, 0.25) is 0 Å². The molecule has 200 valence electrons. The molecule has 0 bridgehead atoms. The molecule has 2 fully saturated rings. The van der Waals surface area contributed by atoms with E-state index in [0.717, 1.165) is 17.9 Å². The average molecular weight is 507 g/mol. The third-order valence-electron chi connectivity index (χ3n) is 8.62. The summed E-state index contributed by atoms with van der Waals surface area (Å²) in [6.45, 7) is 5.84. The van der Waals surface area contributed by atoms with Gasteiger partial charge in [0.2, 0.25) is 0 Å². The van der Waals surface area contributed by atoms with E-state index in [4.69, 9.17) is 4.74 Å². The molecule has 3 heteroatoms. The zero-order chi connectivity index (χ0) is 26.1. The van der Waals surface area contributed by atoms with E-state index in [1.807, 2.05) is 42.5 Å². The van der Waals surface area contributed by atoms with Crippen LogP contribution in [0.3, 0.4) is 0 Å². The monoisotopic (exact) mass is 506 g/mol. The quantitative estimate of drug-likeness (QED) is 0.275. The zero-order valence-electron chi connectivity index (χ0n) is 22.5. The van der Waals surface area contributed by atoms with Gasteiger partial charge in [0, 0.05) is 0 Å². The van der Waals surface area contributed by atoms with Crippen LogP contribution in [0.4, 0.5) is 8.78 Å². The summed E-state index contributed by atoms with van der Waals surface area (Å²) in [5.41, 5.74) is 4.02. The van der Waals surface area contributed by atoms with Gasteiger partial charge in [0.05, 0.1) is 13.0 Å². The lowest BCUT2D eigenvalue weighted by Crippen LogP contribution is -2.23. The molecule has 0 N–H and O–H groups in total. The Morgan fingerprint density at radius 1 is 0.811 bits per heavy atom. The Bertz CT molecular complexity index is 975. The van der Waals surface area contributed by atoms with Gasteiger partial charge in [0.1, 0.15) is 0 Å². The van der Waals surface area contributed by atoms with Gasteiger partial charge in [-0.25, -0.2) is 0 Å². The molecule has 2 aromatic carbocycles. The van der Waals surface area contributed by atoms with Crippen molar-refractivity contribution in [2.24, 2.45) is 11.8 Å². The van der Waals surface area contributed by atoms with Crippen LogP contribution in [-0.2, 0) is 17.8 Å². The van der Waals surface area contributed by atoms with Gasteiger partial charge in [-0.3, -0.25) is 0 Å². The molecule has 1 nitrogen and oxygen atoms in total. The van der Waals surface area contributed by atoms with Crippen molar-refractivity contribution >= 4 is 0 Å². The van der Waals surface area contributed by atoms with Gasteiger partial charge < -0.3 is 4.74 Å². The number of allylic oxidation sites excluding steroid dienone is 3. The number of ether oxygens (including phenoxy) is 1. The molecule has 0 spiro atoms. The lowest BCUT2D eigenvalue weighted by molar-refractivity contribution is -0.244. The van der Waals surface area contributed by atoms with Crippen molar-refractivity contribution in [3.05, 3.63) is 95.6 Å². The van der Waals surface area contributed by atoms with E-state index in [2.05, 4.69) is 37.8 Å². The van der Waals surface area contributed by atoms with Gasteiger partial charge in [-0.2, -0.15) is 8.78 Å². The second-order valence-corrected chi connectivity index (χ2v) is 11.3. The first-order valence-electron chi connectivity index (χ1n) is 14.4. The third kappa shape index (κ3) is 8.37. The Balaban J connectivity index is 1.22. The Kier molecular flexibility index (Phi) is 10.1. The molecule has 0 heterocycles. The van der Waals surface area contributed by atoms with Crippen LogP contribution in [0.25, 0.3) is 0 Å². The number of halogens is 2. The molecule has 2 aliphatic rings. The minimum Gasteiger partial charge on any atom is -0.315 e. The first-order valence-corrected chi connectivity index (χ1v) is 14.4. The van der Waals surface area contributed by atoms with E-state index in [-0.39, 0.29) is 6.61 Å². The van der Waals surface area contributed by atoms with Crippen LogP contribution in [0.15, 0.2) is 73.3 Å². The number of hydrogen-bond donors (Lipinski definition) is 0. The van der Waals surface area contributed by atoms with Crippen molar-refractivity contribution in [1.82, 2.24) is 0 Å². The second-order valence-electron chi connectivity index (χ2n) is 11.3. The summed E-state index contributed by atoms with van der Waals surface area (Å²) >= 11 is 0. The minimum absolute atomic E-state index is 0.0749. The fourth-order valence-corrected chi connectivity index (χ4v) is 6.33. The molecule has 0 aromatic heterocycles. The average Bonchev–Trinajstić information content (AvgIpc) is 2.92. The summed E-state index contributed by atoms with van der Waals surface area (Å²) in [5, 5.41) is 0. The van der Waals surface area contributed by atoms with Crippen molar-refractivity contribution in [3.63, 3.8) is 0 Å². The summed E-state index contributed by atoms with van der Waals surface area (Å²) in [6.07, 6.45) is 15.0. The van der Waals surface area contributed by atoms with E-state index < -0.39 is 12.5 Å². The lowest BCUT2D eigenvalue weighted by atomic mass is 9.77. The normalized spacial score (nSPS) is 24.8. The van der Waals surface area contributed by atoms with Gasteiger partial charge in [0.15, 0.2) is 0 Å². The largest absolute Gasteiger partial charge is 0.360 e. The molecule has 0 unspecified atom stereocenters. The van der Waals surface area contributed by atoms with Gasteiger partial charge in [-0.15, -0.1) is 6.58 Å². The number of rotatable bonds is 11. The summed E-state index contributed by atoms with van der Waals surface area (Å²) in [4.78, 5) is 0. The van der Waals surface area contributed by atoms with Crippen LogP contribution in [-0.4, -0.2) is 6.11 Å². The Morgan fingerprint density at radius 3 is 1.89 bits per heavy atom. The second kappa shape index (κ2) is 13.5. The van der Waals surface area contributed by atoms with Crippen LogP contribution < -0.4 is 0 Å². The zero-order valence-corrected chi connectivity index (χ0v) is 22.5. The van der Waals surface area contributed by atoms with Gasteiger partial charge in [-0.05, 0) is 117 Å². The molecule has 2 saturated carbocycles. The van der Waals surface area contributed by atoms with Crippen molar-refractivity contribution in [1.29, 1.82) is 0 Å². The molecular weight excluding hydrogens is 462 g/mol. The van der Waals surface area contributed by atoms with E-state index in [9.17, 15) is 8.78 Å². The van der Waals surface area contributed by atoms with Gasteiger partial charge >= 0.3 is 6.11 Å². The van der Waals surface area contributed by atoms with Crippen LogP contribution in [0.5, 0.6) is 0 Å². The molecule has 2 aromatic rings. The summed E-state index contributed by atoms with van der Waals surface area (Å²) < 4.78 is 34.3. The minimum atomic E-state index is -3.19. The Hall–Kier alpha value is -2.26. The van der Waals surface area contributed by atoms with Crippen LogP contribution in [0.1, 0.15) is 105 Å². The van der Waals surface area contributed by atoms with Crippen molar-refractivity contribution in [2.75, 3.05) is 0 Å². The highest BCUT2D eigenvalue weighted by Gasteiger charge is 2.31. The lowest BCUT2D eigenvalue weighted by Gasteiger charge is -2.28. The van der Waals surface area contributed by atoms with Crippen LogP contribution >= 0.6 is 0 Å². The molecule has 0 amide bonds. The van der Waals surface area contributed by atoms with E-state index in [0.29, 0.717) is 23.3 Å². The smallest absolute Gasteiger partial charge is 0.315 e. The maximum atomic E-state index is 14.6. The summed E-state index contributed by atoms with van der Waals surface area (Å²) in [5.74, 6) is 2.65. The standard InChI is InChI=1S/C34H44F2O/c1-3-5-7-27-10-18-31(19-11-27)32-20-12-28(13-21-32)24-34(35,36)37-25-29-14-22-33(23-15-29)30-16-8-26(6-4-2)9-17-30/h3-4,6,12-15,20-23,26-27,30-31H,1,5,7-11,16-19,24-25H2,2H3. The van der Waals surface area contributed by atoms with Crippen LogP contribution in [0, 0.1) is 11.8 Å². The molecule has 2 aliphatic carbocycles. The summed E-state index contributed by atoms with van der Waals surface area (Å²) in [6, 6.07) is 15.9. The third-order valence-corrected chi connectivity index (χ3v) is 8.62. The maximum absolute atomic E-state index is 14.6. The fourth-order valence-electron chi connectivity index (χ4n) is 6.33. The predicted octanol–water partition coefficient (Wildman–Crippen LogP) is 10.1. The first-order chi connectivity index (χ1) is 18.0. The number of alkyl halides is 2. The number of benzene rings is 2. The highest BCUT2D eigenvalue weighted by molar-refractivity contribution is 5.27. The summed E-state index contributed by atoms with van der Waals surface area (Å²) in [7, 11) is 0. The van der Waals surface area contributed by atoms with E-state index in [1.165, 1.54) is 68.9 Å². The van der Waals surface area contributed by atoms with E-state index in [1.54, 1.807) is 0 Å². The highest BCUT2D eigenvalue weighted by atomic mass is 19.3. The molecule has 0 aliphatic heterocycles. The Labute approximate surface area is 223 Å².